The van der Waals surface area contributed by atoms with Crippen LogP contribution in [-0.2, 0) is 0 Å². The van der Waals surface area contributed by atoms with E-state index >= 15 is 0 Å². The lowest BCUT2D eigenvalue weighted by atomic mass is 10.5. The molecule has 0 aromatic carbocycles. The van der Waals surface area contributed by atoms with E-state index in [1.54, 1.807) is 0 Å². The number of pyridine rings is 1. The fraction of sp³-hybridized carbons (Fsp3) is 0. The summed E-state index contributed by atoms with van der Waals surface area (Å²) in [5.41, 5.74) is 0. The van der Waals surface area contributed by atoms with Gasteiger partial charge >= 0.3 is 0 Å². The maximum absolute atomic E-state index is 12.1. The first-order chi connectivity index (χ1) is 3.79. The monoisotopic (exact) mass is 128 g/mol. The molecule has 0 aliphatic heterocycles. The Kier molecular flexibility index (Phi) is 1.39. The zero-order chi connectivity index (χ0) is 5.98. The average molecular weight is 128 g/mol. The van der Waals surface area contributed by atoms with Crippen LogP contribution >= 0.6 is 12.6 Å². The predicted molar refractivity (Wildman–Crippen MR) is 30.1 cm³/mol. The van der Waals surface area contributed by atoms with Crippen molar-refractivity contribution in [2.75, 3.05) is 0 Å². The molecule has 3 heteroatoms. The van der Waals surface area contributed by atoms with Crippen molar-refractivity contribution in [3.05, 3.63) is 24.1 Å². The van der Waals surface area contributed by atoms with Gasteiger partial charge in [-0.05, 0) is 6.07 Å². The van der Waals surface area contributed by atoms with E-state index in [1.807, 2.05) is 0 Å². The minimum atomic E-state index is -0.329. The molecular weight excluding hydrogens is 125 g/mol. The highest BCUT2D eigenvalue weighted by molar-refractivity contribution is 7.80. The van der Waals surface area contributed by atoms with E-state index in [2.05, 4.69) is 17.6 Å². The third kappa shape index (κ3) is 1.13. The van der Waals surface area contributed by atoms with Gasteiger partial charge in [-0.25, -0.2) is 9.37 Å². The molecule has 8 heavy (non-hydrogen) atoms. The molecule has 1 aromatic rings. The Hall–Kier alpha value is -0.700. The quantitative estimate of drug-likeness (QED) is 0.519. The lowest BCUT2D eigenvalue weighted by Gasteiger charge is -1.84. The number of rotatable bonds is 0. The minimum absolute atomic E-state index is 0.296. The molecule has 0 spiro atoms. The summed E-state index contributed by atoms with van der Waals surface area (Å²) in [5, 5.41) is 0.296. The highest BCUT2D eigenvalue weighted by Gasteiger charge is 1.88. The second-order valence-electron chi connectivity index (χ2n) is 1.31. The van der Waals surface area contributed by atoms with Crippen LogP contribution < -0.4 is 0 Å². The van der Waals surface area contributed by atoms with Gasteiger partial charge in [0.15, 0.2) is 0 Å². The van der Waals surface area contributed by atoms with E-state index < -0.39 is 0 Å². The zero-order valence-corrected chi connectivity index (χ0v) is 4.78. The largest absolute Gasteiger partial charge is 0.245 e. The Morgan fingerprint density at radius 2 is 2.38 bits per heavy atom. The zero-order valence-electron chi connectivity index (χ0n) is 3.97. The van der Waals surface area contributed by atoms with Gasteiger partial charge in [0, 0.05) is 12.3 Å². The van der Waals surface area contributed by atoms with E-state index in [1.165, 1.54) is 18.3 Å². The molecule has 0 bridgehead atoms. The number of aromatic nitrogens is 1. The first-order valence-electron chi connectivity index (χ1n) is 2.07. The Balaban J connectivity index is 3.08. The van der Waals surface area contributed by atoms with Gasteiger partial charge in [-0.15, -0.1) is 0 Å². The van der Waals surface area contributed by atoms with Crippen molar-refractivity contribution in [2.24, 2.45) is 0 Å². The van der Waals surface area contributed by atoms with Gasteiger partial charge in [-0.3, -0.25) is 0 Å². The highest BCUT2D eigenvalue weighted by atomic mass is 32.1. The number of nitrogens with zero attached hydrogens (tertiary/aromatic N) is 1. The summed E-state index contributed by atoms with van der Waals surface area (Å²) in [6.07, 6.45) is 1.34. The van der Waals surface area contributed by atoms with E-state index in [4.69, 9.17) is 0 Å². The Labute approximate surface area is 52.0 Å². The molecule has 1 rings (SSSR count). The molecule has 0 unspecified atom stereocenters. The smallest absolute Gasteiger partial charge is 0.129 e. The summed E-state index contributed by atoms with van der Waals surface area (Å²) < 4.78 is 12.1. The van der Waals surface area contributed by atoms with Gasteiger partial charge < -0.3 is 0 Å². The standard InChI is InChI=1S/C5H3FNS/c6-4-1-2-7-5(8)3-4/h1-3H. The van der Waals surface area contributed by atoms with Crippen molar-refractivity contribution in [1.29, 1.82) is 0 Å². The van der Waals surface area contributed by atoms with E-state index in [0.29, 0.717) is 5.03 Å². The molecule has 0 amide bonds. The van der Waals surface area contributed by atoms with Gasteiger partial charge in [-0.2, -0.15) is 0 Å². The summed E-state index contributed by atoms with van der Waals surface area (Å²) in [5.74, 6) is -0.329. The van der Waals surface area contributed by atoms with Crippen LogP contribution in [0.2, 0.25) is 0 Å². The molecule has 1 heterocycles. The SMILES string of the molecule is Fc1ccnc([S])c1. The summed E-state index contributed by atoms with van der Waals surface area (Å²) >= 11 is 4.55. The van der Waals surface area contributed by atoms with Crippen molar-refractivity contribution in [1.82, 2.24) is 4.98 Å². The average Bonchev–Trinajstić information content (AvgIpc) is 1.64. The summed E-state index contributed by atoms with van der Waals surface area (Å²) in [6.45, 7) is 0. The summed E-state index contributed by atoms with van der Waals surface area (Å²) in [4.78, 5) is 3.61. The van der Waals surface area contributed by atoms with Gasteiger partial charge in [0.2, 0.25) is 0 Å². The van der Waals surface area contributed by atoms with Crippen LogP contribution in [0.1, 0.15) is 0 Å². The lowest BCUT2D eigenvalue weighted by Crippen LogP contribution is -1.75. The molecule has 0 N–H and O–H groups in total. The third-order valence-corrected chi connectivity index (χ3v) is 0.920. The topological polar surface area (TPSA) is 12.9 Å². The second kappa shape index (κ2) is 2.05. The van der Waals surface area contributed by atoms with Crippen LogP contribution in [0.25, 0.3) is 0 Å². The molecule has 1 radical (unpaired) electrons. The van der Waals surface area contributed by atoms with Crippen molar-refractivity contribution in [3.8, 4) is 0 Å². The molecule has 0 fully saturated rings. The molecule has 41 valence electrons. The molecule has 0 saturated heterocycles. The Morgan fingerprint density at radius 1 is 1.62 bits per heavy atom. The fourth-order valence-electron chi connectivity index (χ4n) is 0.385. The number of hydrogen-bond donors (Lipinski definition) is 0. The molecule has 0 aliphatic carbocycles. The van der Waals surface area contributed by atoms with Crippen LogP contribution in [0.5, 0.6) is 0 Å². The van der Waals surface area contributed by atoms with Gasteiger partial charge in [0.05, 0.1) is 0 Å². The Bertz CT molecular complexity index is 172. The van der Waals surface area contributed by atoms with Crippen molar-refractivity contribution >= 4 is 12.6 Å². The van der Waals surface area contributed by atoms with Gasteiger partial charge in [0.1, 0.15) is 10.8 Å². The number of hydrogen-bond acceptors (Lipinski definition) is 1. The van der Waals surface area contributed by atoms with Crippen molar-refractivity contribution < 1.29 is 4.39 Å². The Morgan fingerprint density at radius 3 is 2.75 bits per heavy atom. The van der Waals surface area contributed by atoms with E-state index in [-0.39, 0.29) is 5.82 Å². The fourth-order valence-corrected chi connectivity index (χ4v) is 0.559. The first-order valence-corrected chi connectivity index (χ1v) is 2.48. The molecular formula is C5H3FNS. The van der Waals surface area contributed by atoms with Crippen LogP contribution in [0.4, 0.5) is 4.39 Å². The maximum atomic E-state index is 12.1. The van der Waals surface area contributed by atoms with Gasteiger partial charge in [0.25, 0.3) is 0 Å². The second-order valence-corrected chi connectivity index (χ2v) is 1.73. The molecule has 0 atom stereocenters. The normalized spacial score (nSPS) is 9.12. The minimum Gasteiger partial charge on any atom is -0.245 e. The molecule has 1 nitrogen and oxygen atoms in total. The summed E-state index contributed by atoms with van der Waals surface area (Å²) in [7, 11) is 0. The molecule has 0 saturated carbocycles. The third-order valence-electron chi connectivity index (χ3n) is 0.697. The highest BCUT2D eigenvalue weighted by Crippen LogP contribution is 2.01. The van der Waals surface area contributed by atoms with Crippen molar-refractivity contribution in [3.63, 3.8) is 0 Å². The summed E-state index contributed by atoms with van der Waals surface area (Å²) in [6, 6.07) is 2.46. The van der Waals surface area contributed by atoms with Crippen LogP contribution in [-0.4, -0.2) is 4.98 Å². The van der Waals surface area contributed by atoms with Crippen molar-refractivity contribution in [2.45, 2.75) is 5.03 Å². The predicted octanol–water partition coefficient (Wildman–Crippen LogP) is 1.78. The lowest BCUT2D eigenvalue weighted by molar-refractivity contribution is 0.620. The van der Waals surface area contributed by atoms with Crippen LogP contribution in [0.15, 0.2) is 23.4 Å². The molecule has 1 aromatic heterocycles. The van der Waals surface area contributed by atoms with Crippen LogP contribution in [0.3, 0.4) is 0 Å². The molecule has 0 aliphatic rings. The number of halogens is 1. The van der Waals surface area contributed by atoms with E-state index in [0.717, 1.165) is 0 Å². The van der Waals surface area contributed by atoms with E-state index in [9.17, 15) is 4.39 Å². The maximum Gasteiger partial charge on any atom is 0.129 e. The van der Waals surface area contributed by atoms with Crippen LogP contribution in [0, 0.1) is 5.82 Å². The first kappa shape index (κ1) is 5.44. The van der Waals surface area contributed by atoms with Gasteiger partial charge in [-0.1, -0.05) is 12.6 Å².